The zero-order valence-electron chi connectivity index (χ0n) is 8.87. The van der Waals surface area contributed by atoms with Crippen LogP contribution < -0.4 is 5.73 Å². The summed E-state index contributed by atoms with van der Waals surface area (Å²) in [4.78, 5) is 0. The molecule has 14 heavy (non-hydrogen) atoms. The molecule has 0 saturated heterocycles. The van der Waals surface area contributed by atoms with Crippen LogP contribution >= 0.6 is 0 Å². The molecule has 1 aromatic heterocycles. The fourth-order valence-electron chi connectivity index (χ4n) is 2.65. The van der Waals surface area contributed by atoms with Gasteiger partial charge in [-0.15, -0.1) is 0 Å². The van der Waals surface area contributed by atoms with Gasteiger partial charge in [0.05, 0.1) is 0 Å². The maximum Gasteiger partial charge on any atom is 0.0492 e. The van der Waals surface area contributed by atoms with Crippen LogP contribution in [0.2, 0.25) is 0 Å². The maximum absolute atomic E-state index is 5.94. The average molecular weight is 193 g/mol. The summed E-state index contributed by atoms with van der Waals surface area (Å²) in [5.74, 6) is 0. The van der Waals surface area contributed by atoms with Gasteiger partial charge in [-0.25, -0.2) is 0 Å². The van der Waals surface area contributed by atoms with Crippen LogP contribution in [0.1, 0.15) is 38.3 Å². The van der Waals surface area contributed by atoms with E-state index in [-0.39, 0.29) is 5.41 Å². The van der Waals surface area contributed by atoms with E-state index in [1.54, 1.807) is 0 Å². The zero-order valence-corrected chi connectivity index (χ0v) is 8.87. The van der Waals surface area contributed by atoms with E-state index >= 15 is 0 Å². The van der Waals surface area contributed by atoms with Crippen molar-refractivity contribution in [2.24, 2.45) is 5.73 Å². The molecule has 1 heterocycles. The lowest BCUT2D eigenvalue weighted by Crippen LogP contribution is -2.34. The highest BCUT2D eigenvalue weighted by molar-refractivity contribution is 5.19. The summed E-state index contributed by atoms with van der Waals surface area (Å²) in [5.41, 5.74) is 7.52. The smallest absolute Gasteiger partial charge is 0.0492 e. The number of rotatable bonds is 3. The van der Waals surface area contributed by atoms with Crippen molar-refractivity contribution in [2.45, 2.75) is 44.6 Å². The lowest BCUT2D eigenvalue weighted by molar-refractivity contribution is 0.407. The van der Waals surface area contributed by atoms with Crippen LogP contribution in [0, 0.1) is 0 Å². The minimum absolute atomic E-state index is 0.229. The zero-order chi connectivity index (χ0) is 10.0. The van der Waals surface area contributed by atoms with Crippen molar-refractivity contribution in [3.63, 3.8) is 0 Å². The van der Waals surface area contributed by atoms with Gasteiger partial charge in [0, 0.05) is 30.4 Å². The van der Waals surface area contributed by atoms with Gasteiger partial charge in [0.25, 0.3) is 0 Å². The highest BCUT2D eigenvalue weighted by atomic mass is 15.3. The van der Waals surface area contributed by atoms with Crippen LogP contribution in [0.25, 0.3) is 0 Å². The summed E-state index contributed by atoms with van der Waals surface area (Å²) < 4.78 is 2.10. The van der Waals surface area contributed by atoms with Crippen LogP contribution in [0.4, 0.5) is 0 Å². The molecule has 3 nitrogen and oxygen atoms in total. The highest BCUT2D eigenvalue weighted by Crippen LogP contribution is 2.39. The van der Waals surface area contributed by atoms with Crippen molar-refractivity contribution in [3.05, 3.63) is 18.0 Å². The summed E-state index contributed by atoms with van der Waals surface area (Å²) in [6.07, 6.45) is 6.98. The van der Waals surface area contributed by atoms with Crippen LogP contribution in [-0.2, 0) is 12.0 Å². The molecule has 2 rings (SSSR count). The van der Waals surface area contributed by atoms with Crippen molar-refractivity contribution in [2.75, 3.05) is 6.54 Å². The van der Waals surface area contributed by atoms with E-state index in [4.69, 9.17) is 5.73 Å². The lowest BCUT2D eigenvalue weighted by Gasteiger charge is -2.27. The first-order valence-electron chi connectivity index (χ1n) is 5.55. The summed E-state index contributed by atoms with van der Waals surface area (Å²) in [5, 5.41) is 4.33. The molecule has 0 amide bonds. The Morgan fingerprint density at radius 1 is 1.50 bits per heavy atom. The van der Waals surface area contributed by atoms with Gasteiger partial charge in [-0.1, -0.05) is 12.8 Å². The molecule has 1 aliphatic rings. The van der Waals surface area contributed by atoms with E-state index in [0.29, 0.717) is 0 Å². The topological polar surface area (TPSA) is 43.8 Å². The minimum atomic E-state index is 0.229. The monoisotopic (exact) mass is 193 g/mol. The molecule has 3 heteroatoms. The fraction of sp³-hybridized carbons (Fsp3) is 0.727. The number of aromatic nitrogens is 2. The number of nitrogens with zero attached hydrogens (tertiary/aromatic N) is 2. The Balaban J connectivity index is 2.35. The van der Waals surface area contributed by atoms with Crippen LogP contribution in [0.5, 0.6) is 0 Å². The third kappa shape index (κ3) is 1.36. The molecule has 0 bridgehead atoms. The van der Waals surface area contributed by atoms with E-state index in [0.717, 1.165) is 13.1 Å². The second-order valence-electron chi connectivity index (χ2n) is 4.22. The third-order valence-corrected chi connectivity index (χ3v) is 3.51. The first-order valence-corrected chi connectivity index (χ1v) is 5.55. The van der Waals surface area contributed by atoms with Crippen LogP contribution in [0.15, 0.2) is 12.3 Å². The van der Waals surface area contributed by atoms with Crippen molar-refractivity contribution >= 4 is 0 Å². The SMILES string of the molecule is CCn1nccc1C1(CN)CCCC1. The normalized spacial score (nSPS) is 20.1. The van der Waals surface area contributed by atoms with E-state index in [1.807, 2.05) is 6.20 Å². The second kappa shape index (κ2) is 3.73. The molecule has 1 fully saturated rings. The Kier molecular flexibility index (Phi) is 2.59. The van der Waals surface area contributed by atoms with Crippen molar-refractivity contribution in [1.29, 1.82) is 0 Å². The van der Waals surface area contributed by atoms with Gasteiger partial charge in [0.15, 0.2) is 0 Å². The average Bonchev–Trinajstić information content (AvgIpc) is 2.86. The molecular weight excluding hydrogens is 174 g/mol. The Morgan fingerprint density at radius 2 is 2.21 bits per heavy atom. The predicted molar refractivity (Wildman–Crippen MR) is 57.1 cm³/mol. The number of aryl methyl sites for hydroxylation is 1. The van der Waals surface area contributed by atoms with Gasteiger partial charge < -0.3 is 5.73 Å². The molecule has 1 aliphatic carbocycles. The van der Waals surface area contributed by atoms with Gasteiger partial charge in [0.2, 0.25) is 0 Å². The molecule has 0 spiro atoms. The molecule has 0 unspecified atom stereocenters. The van der Waals surface area contributed by atoms with Crippen molar-refractivity contribution < 1.29 is 0 Å². The second-order valence-corrected chi connectivity index (χ2v) is 4.22. The molecule has 2 N–H and O–H groups in total. The highest BCUT2D eigenvalue weighted by Gasteiger charge is 2.36. The van der Waals surface area contributed by atoms with Crippen molar-refractivity contribution in [3.8, 4) is 0 Å². The fourth-order valence-corrected chi connectivity index (χ4v) is 2.65. The summed E-state index contributed by atoms with van der Waals surface area (Å²) in [6, 6.07) is 2.14. The Morgan fingerprint density at radius 3 is 2.79 bits per heavy atom. The maximum atomic E-state index is 5.94. The minimum Gasteiger partial charge on any atom is -0.330 e. The largest absolute Gasteiger partial charge is 0.330 e. The molecule has 0 atom stereocenters. The van der Waals surface area contributed by atoms with E-state index in [1.165, 1.54) is 31.4 Å². The Hall–Kier alpha value is -0.830. The Bertz CT molecular complexity index is 297. The number of hydrogen-bond donors (Lipinski definition) is 1. The van der Waals surface area contributed by atoms with Gasteiger partial charge in [-0.05, 0) is 25.8 Å². The molecule has 0 aromatic carbocycles. The van der Waals surface area contributed by atoms with Gasteiger partial charge in [-0.2, -0.15) is 5.10 Å². The lowest BCUT2D eigenvalue weighted by atomic mass is 9.82. The number of nitrogens with two attached hydrogens (primary N) is 1. The molecular formula is C11H19N3. The van der Waals surface area contributed by atoms with E-state index in [9.17, 15) is 0 Å². The molecule has 1 aromatic rings. The van der Waals surface area contributed by atoms with E-state index < -0.39 is 0 Å². The predicted octanol–water partition coefficient (Wildman–Crippen LogP) is 1.67. The molecule has 0 radical (unpaired) electrons. The first-order chi connectivity index (χ1) is 6.82. The number of hydrogen-bond acceptors (Lipinski definition) is 2. The Labute approximate surface area is 85.3 Å². The third-order valence-electron chi connectivity index (χ3n) is 3.51. The molecule has 0 aliphatic heterocycles. The van der Waals surface area contributed by atoms with Gasteiger partial charge >= 0.3 is 0 Å². The van der Waals surface area contributed by atoms with E-state index in [2.05, 4.69) is 22.8 Å². The summed E-state index contributed by atoms with van der Waals surface area (Å²) in [7, 11) is 0. The summed E-state index contributed by atoms with van der Waals surface area (Å²) >= 11 is 0. The summed E-state index contributed by atoms with van der Waals surface area (Å²) in [6.45, 7) is 3.85. The van der Waals surface area contributed by atoms with Gasteiger partial charge in [0.1, 0.15) is 0 Å². The first kappa shape index (κ1) is 9.71. The quantitative estimate of drug-likeness (QED) is 0.793. The van der Waals surface area contributed by atoms with Gasteiger partial charge in [-0.3, -0.25) is 4.68 Å². The standard InChI is InChI=1S/C11H19N3/c1-2-14-10(5-8-13-14)11(9-12)6-3-4-7-11/h5,8H,2-4,6-7,9,12H2,1H3. The van der Waals surface area contributed by atoms with Crippen molar-refractivity contribution in [1.82, 2.24) is 9.78 Å². The van der Waals surface area contributed by atoms with Crippen LogP contribution in [-0.4, -0.2) is 16.3 Å². The molecule has 1 saturated carbocycles. The van der Waals surface area contributed by atoms with Crippen LogP contribution in [0.3, 0.4) is 0 Å². The molecule has 78 valence electrons.